The first-order valence-corrected chi connectivity index (χ1v) is 20.1. The number of hydrogen-bond donors (Lipinski definition) is 0. The third kappa shape index (κ3) is 14.0. The number of Topliss-reactive ketones (excluding diaryl/α,β-unsaturated/α-hetero) is 8. The standard InChI is InChI=1S/4C11H18O2/c4*1-6(2)10(12)8-5-9(8)11(13)7(3)4/h4*6-9H,5H2,1-4H3/t2*8-,9+;2*8-,9-/m..10/s1. The molecule has 52 heavy (non-hydrogen) atoms. The second kappa shape index (κ2) is 20.2. The van der Waals surface area contributed by atoms with Crippen molar-refractivity contribution in [3.8, 4) is 0 Å². The van der Waals surface area contributed by atoms with Crippen LogP contribution >= 0.6 is 0 Å². The molecule has 0 aromatic carbocycles. The van der Waals surface area contributed by atoms with Crippen molar-refractivity contribution in [1.82, 2.24) is 0 Å². The molecule has 4 saturated carbocycles. The fourth-order valence-corrected chi connectivity index (χ4v) is 6.72. The molecule has 8 heteroatoms. The number of carbonyl (C=O) groups excluding carboxylic acids is 8. The van der Waals surface area contributed by atoms with Gasteiger partial charge in [-0.1, -0.05) is 111 Å². The lowest BCUT2D eigenvalue weighted by Crippen LogP contribution is -2.16. The van der Waals surface area contributed by atoms with Gasteiger partial charge in [0, 0.05) is 94.7 Å². The van der Waals surface area contributed by atoms with Gasteiger partial charge in [-0.2, -0.15) is 0 Å². The van der Waals surface area contributed by atoms with Crippen LogP contribution in [0.3, 0.4) is 0 Å². The molecule has 4 aliphatic rings. The van der Waals surface area contributed by atoms with Crippen LogP contribution in [-0.2, 0) is 38.4 Å². The number of hydrogen-bond acceptors (Lipinski definition) is 8. The van der Waals surface area contributed by atoms with Crippen LogP contribution in [0.15, 0.2) is 0 Å². The van der Waals surface area contributed by atoms with Crippen LogP contribution < -0.4 is 0 Å². The van der Waals surface area contributed by atoms with Crippen LogP contribution in [0.5, 0.6) is 0 Å². The van der Waals surface area contributed by atoms with E-state index in [1.165, 1.54) is 0 Å². The highest BCUT2D eigenvalue weighted by Crippen LogP contribution is 2.45. The molecule has 4 aliphatic carbocycles. The smallest absolute Gasteiger partial charge is 0.139 e. The van der Waals surface area contributed by atoms with Gasteiger partial charge in [-0.05, 0) is 25.7 Å². The molecule has 296 valence electrons. The van der Waals surface area contributed by atoms with Crippen molar-refractivity contribution in [3.63, 3.8) is 0 Å². The van der Waals surface area contributed by atoms with E-state index in [0.717, 1.165) is 25.7 Å². The lowest BCUT2D eigenvalue weighted by Gasteiger charge is -2.04. The molecule has 0 radical (unpaired) electrons. The summed E-state index contributed by atoms with van der Waals surface area (Å²) < 4.78 is 0. The van der Waals surface area contributed by atoms with Crippen LogP contribution in [0.4, 0.5) is 0 Å². The molecule has 0 saturated heterocycles. The van der Waals surface area contributed by atoms with E-state index in [2.05, 4.69) is 0 Å². The van der Waals surface area contributed by atoms with Gasteiger partial charge < -0.3 is 0 Å². The van der Waals surface area contributed by atoms with Gasteiger partial charge in [0.05, 0.1) is 0 Å². The lowest BCUT2D eigenvalue weighted by atomic mass is 9.99. The van der Waals surface area contributed by atoms with E-state index in [1.807, 2.05) is 111 Å². The Kier molecular flexibility index (Phi) is 18.4. The maximum absolute atomic E-state index is 11.5. The molecular weight excluding hydrogens is 656 g/mol. The number of rotatable bonds is 16. The van der Waals surface area contributed by atoms with Gasteiger partial charge >= 0.3 is 0 Å². The van der Waals surface area contributed by atoms with Crippen LogP contribution in [-0.4, -0.2) is 46.3 Å². The normalized spacial score (nSPS) is 26.6. The highest BCUT2D eigenvalue weighted by molar-refractivity contribution is 5.98. The van der Waals surface area contributed by atoms with Crippen LogP contribution in [0, 0.1) is 94.7 Å². The second-order valence-corrected chi connectivity index (χ2v) is 18.3. The molecule has 0 aromatic rings. The first-order valence-electron chi connectivity index (χ1n) is 20.1. The predicted molar refractivity (Wildman–Crippen MR) is 205 cm³/mol. The van der Waals surface area contributed by atoms with Gasteiger partial charge in [-0.15, -0.1) is 0 Å². The molecule has 0 bridgehead atoms. The number of ketones is 8. The molecule has 4 rings (SSSR count). The van der Waals surface area contributed by atoms with E-state index in [9.17, 15) is 38.4 Å². The SMILES string of the molecule is CC(C)C(=O)[C@@H]1C[C@H]1C(=O)C(C)C.CC(C)C(=O)[C@H]1C[C@@H]1C(=O)C(C)C.CC(C)C(=O)[C@H]1C[C@H]1C(=O)C(C)C.CC(C)C(=O)[C@H]1C[C@H]1C(=O)C(C)C. The lowest BCUT2D eigenvalue weighted by molar-refractivity contribution is -0.128. The fourth-order valence-electron chi connectivity index (χ4n) is 6.72. The van der Waals surface area contributed by atoms with E-state index < -0.39 is 0 Å². The zero-order chi connectivity index (χ0) is 40.7. The summed E-state index contributed by atoms with van der Waals surface area (Å²) in [6.45, 7) is 30.4. The van der Waals surface area contributed by atoms with Crippen molar-refractivity contribution < 1.29 is 38.4 Å². The summed E-state index contributed by atoms with van der Waals surface area (Å²) in [5, 5.41) is 0. The molecule has 0 aliphatic heterocycles. The molecule has 0 spiro atoms. The van der Waals surface area contributed by atoms with Gasteiger partial charge in [0.15, 0.2) is 0 Å². The molecule has 0 amide bonds. The molecule has 8 atom stereocenters. The molecule has 4 fully saturated rings. The molecule has 0 N–H and O–H groups in total. The highest BCUT2D eigenvalue weighted by atomic mass is 16.2. The van der Waals surface area contributed by atoms with E-state index in [1.54, 1.807) is 0 Å². The van der Waals surface area contributed by atoms with Gasteiger partial charge in [-0.3, -0.25) is 38.4 Å². The zero-order valence-corrected chi connectivity index (χ0v) is 35.3. The summed E-state index contributed by atoms with van der Waals surface area (Å²) in [4.78, 5) is 91.9. The Bertz CT molecular complexity index is 1020. The van der Waals surface area contributed by atoms with Crippen molar-refractivity contribution >= 4 is 46.3 Å². The van der Waals surface area contributed by atoms with Crippen LogP contribution in [0.25, 0.3) is 0 Å². The fraction of sp³-hybridized carbons (Fsp3) is 0.818. The topological polar surface area (TPSA) is 137 Å². The Morgan fingerprint density at radius 1 is 0.231 bits per heavy atom. The quantitative estimate of drug-likeness (QED) is 0.155. The summed E-state index contributed by atoms with van der Waals surface area (Å²) in [7, 11) is 0. The Hall–Kier alpha value is -2.64. The van der Waals surface area contributed by atoms with E-state index in [4.69, 9.17) is 0 Å². The van der Waals surface area contributed by atoms with Crippen molar-refractivity contribution in [1.29, 1.82) is 0 Å². The van der Waals surface area contributed by atoms with Crippen LogP contribution in [0.1, 0.15) is 136 Å². The number of carbonyl (C=O) groups is 8. The molecule has 0 heterocycles. The third-order valence-electron chi connectivity index (χ3n) is 10.6. The maximum Gasteiger partial charge on any atom is 0.139 e. The van der Waals surface area contributed by atoms with Gasteiger partial charge in [0.2, 0.25) is 0 Å². The van der Waals surface area contributed by atoms with Crippen molar-refractivity contribution in [2.45, 2.75) is 136 Å². The Balaban J connectivity index is 0.000000347. The van der Waals surface area contributed by atoms with Gasteiger partial charge in [0.1, 0.15) is 46.3 Å². The van der Waals surface area contributed by atoms with Crippen molar-refractivity contribution in [3.05, 3.63) is 0 Å². The Morgan fingerprint density at radius 3 is 0.365 bits per heavy atom. The Morgan fingerprint density at radius 2 is 0.308 bits per heavy atom. The van der Waals surface area contributed by atoms with E-state index in [-0.39, 0.29) is 141 Å². The maximum atomic E-state index is 11.5. The minimum atomic E-state index is 0.0508. The summed E-state index contributed by atoms with van der Waals surface area (Å²) >= 11 is 0. The molecule has 0 unspecified atom stereocenters. The Labute approximate surface area is 315 Å². The summed E-state index contributed by atoms with van der Waals surface area (Å²) in [5.41, 5.74) is 0. The highest BCUT2D eigenvalue weighted by Gasteiger charge is 2.50. The largest absolute Gasteiger partial charge is 0.299 e. The van der Waals surface area contributed by atoms with E-state index in [0.29, 0.717) is 0 Å². The van der Waals surface area contributed by atoms with E-state index >= 15 is 0 Å². The van der Waals surface area contributed by atoms with Gasteiger partial charge in [0.25, 0.3) is 0 Å². The molecular formula is C44H72O8. The van der Waals surface area contributed by atoms with Crippen LogP contribution in [0.2, 0.25) is 0 Å². The molecule has 0 aromatic heterocycles. The summed E-state index contributed by atoms with van der Waals surface area (Å²) in [6.07, 6.45) is 3.20. The first kappa shape index (κ1) is 47.4. The minimum Gasteiger partial charge on any atom is -0.299 e. The average Bonchev–Trinajstić information content (AvgIpc) is 3.89. The van der Waals surface area contributed by atoms with Gasteiger partial charge in [-0.25, -0.2) is 0 Å². The average molecular weight is 729 g/mol. The predicted octanol–water partition coefficient (Wildman–Crippen LogP) is 8.29. The summed E-state index contributed by atoms with van der Waals surface area (Å²) in [5.74, 6) is 3.14. The van der Waals surface area contributed by atoms with Crippen molar-refractivity contribution in [2.75, 3.05) is 0 Å². The first-order chi connectivity index (χ1) is 23.8. The zero-order valence-electron chi connectivity index (χ0n) is 35.3. The van der Waals surface area contributed by atoms with Crippen molar-refractivity contribution in [2.24, 2.45) is 94.7 Å². The summed E-state index contributed by atoms with van der Waals surface area (Å²) in [6, 6.07) is 0. The molecule has 8 nitrogen and oxygen atoms in total. The minimum absolute atomic E-state index is 0.0508. The second-order valence-electron chi connectivity index (χ2n) is 18.3. The monoisotopic (exact) mass is 729 g/mol. The third-order valence-corrected chi connectivity index (χ3v) is 10.6.